The van der Waals surface area contributed by atoms with Crippen LogP contribution in [0.15, 0.2) is 4.99 Å². The fraction of sp³-hybridized carbons (Fsp3) is 0.938. The predicted molar refractivity (Wildman–Crippen MR) is 102 cm³/mol. The number of halogens is 1. The maximum Gasteiger partial charge on any atom is 0.193 e. The summed E-state index contributed by atoms with van der Waals surface area (Å²) in [7, 11) is 1.91. The van der Waals surface area contributed by atoms with Gasteiger partial charge < -0.3 is 15.1 Å². The van der Waals surface area contributed by atoms with Gasteiger partial charge in [-0.2, -0.15) is 0 Å². The number of hydrogen-bond donors (Lipinski definition) is 1. The molecule has 1 N–H and O–H groups in total. The lowest BCUT2D eigenvalue weighted by Gasteiger charge is -2.34. The number of hydrogen-bond acceptors (Lipinski definition) is 2. The van der Waals surface area contributed by atoms with E-state index < -0.39 is 0 Å². The van der Waals surface area contributed by atoms with Crippen molar-refractivity contribution in [3.8, 4) is 0 Å². The van der Waals surface area contributed by atoms with E-state index in [1.54, 1.807) is 0 Å². The average Bonchev–Trinajstić information content (AvgIpc) is 2.45. The van der Waals surface area contributed by atoms with Crippen molar-refractivity contribution in [3.63, 3.8) is 0 Å². The Morgan fingerprint density at radius 3 is 2.43 bits per heavy atom. The molecule has 2 fully saturated rings. The number of nitrogens with one attached hydrogen (secondary N) is 1. The van der Waals surface area contributed by atoms with Gasteiger partial charge in [0.25, 0.3) is 0 Å². The number of rotatable bonds is 3. The highest BCUT2D eigenvalue weighted by Gasteiger charge is 2.19. The van der Waals surface area contributed by atoms with Gasteiger partial charge >= 0.3 is 0 Å². The van der Waals surface area contributed by atoms with Crippen LogP contribution in [0.2, 0.25) is 0 Å². The second-order valence-corrected chi connectivity index (χ2v) is 6.69. The van der Waals surface area contributed by atoms with Gasteiger partial charge in [0.05, 0.1) is 0 Å². The van der Waals surface area contributed by atoms with Gasteiger partial charge in [0.2, 0.25) is 0 Å². The topological polar surface area (TPSA) is 30.9 Å². The fourth-order valence-electron chi connectivity index (χ4n) is 3.33. The predicted octanol–water partition coefficient (Wildman–Crippen LogP) is 2.64. The molecule has 2 heterocycles. The number of nitrogens with zero attached hydrogens (tertiary/aromatic N) is 3. The second kappa shape index (κ2) is 9.87. The molecule has 2 aliphatic heterocycles. The van der Waals surface area contributed by atoms with E-state index in [4.69, 9.17) is 0 Å². The molecule has 0 aromatic carbocycles. The largest absolute Gasteiger partial charge is 0.355 e. The molecule has 124 valence electrons. The first-order valence-electron chi connectivity index (χ1n) is 8.37. The monoisotopic (exact) mass is 408 g/mol. The summed E-state index contributed by atoms with van der Waals surface area (Å²) in [5.41, 5.74) is 0. The molecular weight excluding hydrogens is 375 g/mol. The summed E-state index contributed by atoms with van der Waals surface area (Å²) in [5.74, 6) is 2.81. The number of likely N-dealkylation sites (tertiary alicyclic amines) is 2. The molecule has 0 bridgehead atoms. The third-order valence-electron chi connectivity index (χ3n) is 4.76. The summed E-state index contributed by atoms with van der Waals surface area (Å²) in [6.07, 6.45) is 5.38. The lowest BCUT2D eigenvalue weighted by molar-refractivity contribution is 0.194. The van der Waals surface area contributed by atoms with Crippen molar-refractivity contribution >= 4 is 29.9 Å². The van der Waals surface area contributed by atoms with Gasteiger partial charge in [0, 0.05) is 33.2 Å². The third kappa shape index (κ3) is 6.30. The SMILES string of the molecule is CN=C(NCCN1CCC(C)CC1)N1CCCC(C)C1.I. The van der Waals surface area contributed by atoms with Crippen molar-refractivity contribution < 1.29 is 0 Å². The Morgan fingerprint density at radius 1 is 1.10 bits per heavy atom. The quantitative estimate of drug-likeness (QED) is 0.443. The van der Waals surface area contributed by atoms with Gasteiger partial charge in [-0.3, -0.25) is 4.99 Å². The van der Waals surface area contributed by atoms with Gasteiger partial charge in [0.1, 0.15) is 0 Å². The maximum absolute atomic E-state index is 4.45. The van der Waals surface area contributed by atoms with E-state index in [0.717, 1.165) is 44.0 Å². The van der Waals surface area contributed by atoms with E-state index in [2.05, 4.69) is 34.0 Å². The minimum atomic E-state index is 0. The summed E-state index contributed by atoms with van der Waals surface area (Å²) in [5, 5.41) is 3.55. The van der Waals surface area contributed by atoms with E-state index in [0.29, 0.717) is 0 Å². The summed E-state index contributed by atoms with van der Waals surface area (Å²) >= 11 is 0. The zero-order chi connectivity index (χ0) is 14.4. The van der Waals surface area contributed by atoms with Crippen LogP contribution >= 0.6 is 24.0 Å². The van der Waals surface area contributed by atoms with Crippen molar-refractivity contribution in [2.24, 2.45) is 16.8 Å². The number of aliphatic imine (C=N–C) groups is 1. The van der Waals surface area contributed by atoms with Gasteiger partial charge in [-0.1, -0.05) is 13.8 Å². The van der Waals surface area contributed by atoms with Gasteiger partial charge in [-0.05, 0) is 50.6 Å². The molecule has 1 unspecified atom stereocenters. The molecule has 2 saturated heterocycles. The Kier molecular flexibility index (Phi) is 8.94. The molecule has 4 nitrogen and oxygen atoms in total. The first-order chi connectivity index (χ1) is 9.69. The van der Waals surface area contributed by atoms with Crippen LogP contribution in [-0.2, 0) is 0 Å². The Hall–Kier alpha value is -0.0400. The molecular formula is C16H33IN4. The highest BCUT2D eigenvalue weighted by Crippen LogP contribution is 2.16. The van der Waals surface area contributed by atoms with Crippen LogP contribution in [0.25, 0.3) is 0 Å². The average molecular weight is 408 g/mol. The first-order valence-corrected chi connectivity index (χ1v) is 8.37. The molecule has 0 saturated carbocycles. The van der Waals surface area contributed by atoms with E-state index >= 15 is 0 Å². The summed E-state index contributed by atoms with van der Waals surface area (Å²) < 4.78 is 0. The van der Waals surface area contributed by atoms with Crippen molar-refractivity contribution in [2.75, 3.05) is 46.3 Å². The molecule has 2 aliphatic rings. The first kappa shape index (κ1) is 19.0. The number of piperidine rings is 2. The van der Waals surface area contributed by atoms with Crippen LogP contribution in [0.5, 0.6) is 0 Å². The smallest absolute Gasteiger partial charge is 0.193 e. The molecule has 0 radical (unpaired) electrons. The second-order valence-electron chi connectivity index (χ2n) is 6.69. The molecule has 1 atom stereocenters. The number of guanidine groups is 1. The highest BCUT2D eigenvalue weighted by atomic mass is 127. The summed E-state index contributed by atoms with van der Waals surface area (Å²) in [6, 6.07) is 0. The molecule has 0 aromatic heterocycles. The van der Waals surface area contributed by atoms with Crippen LogP contribution in [0.3, 0.4) is 0 Å². The maximum atomic E-state index is 4.45. The van der Waals surface area contributed by atoms with E-state index in [1.807, 2.05) is 7.05 Å². The lowest BCUT2D eigenvalue weighted by atomic mass is 9.99. The van der Waals surface area contributed by atoms with Crippen LogP contribution in [0, 0.1) is 11.8 Å². The summed E-state index contributed by atoms with van der Waals surface area (Å²) in [6.45, 7) is 11.7. The zero-order valence-electron chi connectivity index (χ0n) is 14.0. The van der Waals surface area contributed by atoms with Crippen LogP contribution in [-0.4, -0.2) is 62.1 Å². The Bertz CT molecular complexity index is 313. The van der Waals surface area contributed by atoms with Gasteiger partial charge in [0.15, 0.2) is 5.96 Å². The Balaban J connectivity index is 0.00000220. The molecule has 2 rings (SSSR count). The fourth-order valence-corrected chi connectivity index (χ4v) is 3.33. The van der Waals surface area contributed by atoms with Crippen LogP contribution < -0.4 is 5.32 Å². The van der Waals surface area contributed by atoms with Crippen LogP contribution in [0.4, 0.5) is 0 Å². The van der Waals surface area contributed by atoms with Gasteiger partial charge in [-0.15, -0.1) is 24.0 Å². The molecule has 5 heteroatoms. The van der Waals surface area contributed by atoms with E-state index in [-0.39, 0.29) is 24.0 Å². The zero-order valence-corrected chi connectivity index (χ0v) is 16.3. The standard InChI is InChI=1S/C16H32N4.HI/c1-14-6-10-19(11-7-14)12-8-18-16(17-3)20-9-4-5-15(2)13-20;/h14-15H,4-13H2,1-3H3,(H,17,18);1H. The van der Waals surface area contributed by atoms with Crippen molar-refractivity contribution in [3.05, 3.63) is 0 Å². The van der Waals surface area contributed by atoms with Crippen LogP contribution in [0.1, 0.15) is 39.5 Å². The summed E-state index contributed by atoms with van der Waals surface area (Å²) in [4.78, 5) is 9.46. The highest BCUT2D eigenvalue weighted by molar-refractivity contribution is 14.0. The van der Waals surface area contributed by atoms with E-state index in [1.165, 1.54) is 38.8 Å². The van der Waals surface area contributed by atoms with Gasteiger partial charge in [-0.25, -0.2) is 0 Å². The molecule has 0 spiro atoms. The molecule has 0 aromatic rings. The Morgan fingerprint density at radius 2 is 1.81 bits per heavy atom. The minimum absolute atomic E-state index is 0. The van der Waals surface area contributed by atoms with E-state index in [9.17, 15) is 0 Å². The molecule has 21 heavy (non-hydrogen) atoms. The lowest BCUT2D eigenvalue weighted by Crippen LogP contribution is -2.48. The van der Waals surface area contributed by atoms with Crippen molar-refractivity contribution in [2.45, 2.75) is 39.5 Å². The molecule has 0 amide bonds. The molecule has 0 aliphatic carbocycles. The Labute approximate surface area is 147 Å². The van der Waals surface area contributed by atoms with Crippen molar-refractivity contribution in [1.82, 2.24) is 15.1 Å². The normalized spacial score (nSPS) is 25.6. The third-order valence-corrected chi connectivity index (χ3v) is 4.76. The minimum Gasteiger partial charge on any atom is -0.355 e. The van der Waals surface area contributed by atoms with Crippen molar-refractivity contribution in [1.29, 1.82) is 0 Å².